The summed E-state index contributed by atoms with van der Waals surface area (Å²) >= 11 is 0. The molecule has 0 rings (SSSR count). The van der Waals surface area contributed by atoms with Gasteiger partial charge in [0.1, 0.15) is 13.2 Å². The topological polar surface area (TPSA) is 146 Å². The normalized spacial score (nSPS) is 10.3. The molecule has 0 aliphatic carbocycles. The summed E-state index contributed by atoms with van der Waals surface area (Å²) in [7, 11) is 0. The number of rotatable bonds is 17. The molecule has 192 valence electrons. The second-order valence-electron chi connectivity index (χ2n) is 7.15. The molecule has 33 heavy (non-hydrogen) atoms. The third-order valence-electron chi connectivity index (χ3n) is 4.00. The van der Waals surface area contributed by atoms with E-state index < -0.39 is 48.9 Å². The molecule has 0 fully saturated rings. The van der Waals surface area contributed by atoms with E-state index in [1.807, 2.05) is 20.8 Å². The van der Waals surface area contributed by atoms with Crippen LogP contribution in [0.25, 0.3) is 0 Å². The predicted octanol–water partition coefficient (Wildman–Crippen LogP) is 2.24. The second kappa shape index (κ2) is 21.4. The molecule has 0 atom stereocenters. The van der Waals surface area contributed by atoms with Crippen molar-refractivity contribution in [3.05, 3.63) is 12.7 Å². The number of hydrogen-bond donors (Lipinski definition) is 2. The molecule has 0 saturated heterocycles. The van der Waals surface area contributed by atoms with E-state index in [-0.39, 0.29) is 26.4 Å². The van der Waals surface area contributed by atoms with E-state index in [1.54, 1.807) is 0 Å². The van der Waals surface area contributed by atoms with Gasteiger partial charge < -0.3 is 29.2 Å². The Morgan fingerprint density at radius 1 is 0.758 bits per heavy atom. The van der Waals surface area contributed by atoms with Gasteiger partial charge in [0.25, 0.3) is 0 Å². The van der Waals surface area contributed by atoms with Gasteiger partial charge in [-0.15, -0.1) is 0 Å². The largest absolute Gasteiger partial charge is 0.466 e. The fourth-order valence-corrected chi connectivity index (χ4v) is 2.09. The Kier molecular flexibility index (Phi) is 21.2. The van der Waals surface area contributed by atoms with Crippen LogP contribution in [0.3, 0.4) is 0 Å². The maximum Gasteiger partial charge on any atom is 0.339 e. The molecule has 0 aromatic heterocycles. The smallest absolute Gasteiger partial charge is 0.339 e. The zero-order chi connectivity index (χ0) is 25.5. The summed E-state index contributed by atoms with van der Waals surface area (Å²) in [4.78, 5) is 46.0. The molecule has 0 saturated carbocycles. The first-order valence-electron chi connectivity index (χ1n) is 11.3. The molecule has 10 nitrogen and oxygen atoms in total. The van der Waals surface area contributed by atoms with Gasteiger partial charge in [0.2, 0.25) is 0 Å². The molecule has 0 aromatic rings. The highest BCUT2D eigenvalue weighted by Crippen LogP contribution is 2.20. The van der Waals surface area contributed by atoms with Gasteiger partial charge in [-0.3, -0.25) is 9.59 Å². The van der Waals surface area contributed by atoms with E-state index in [9.17, 15) is 24.3 Å². The van der Waals surface area contributed by atoms with Gasteiger partial charge in [-0.05, 0) is 19.3 Å². The van der Waals surface area contributed by atoms with Gasteiger partial charge in [0.05, 0.1) is 32.7 Å². The average Bonchev–Trinajstić information content (AvgIpc) is 2.78. The zero-order valence-electron chi connectivity index (χ0n) is 20.1. The molecule has 0 amide bonds. The quantitative estimate of drug-likeness (QED) is 0.139. The van der Waals surface area contributed by atoms with Crippen molar-refractivity contribution in [1.29, 1.82) is 0 Å². The second-order valence-corrected chi connectivity index (χ2v) is 7.15. The lowest BCUT2D eigenvalue weighted by atomic mass is 9.95. The van der Waals surface area contributed by atoms with Crippen molar-refractivity contribution in [3.8, 4) is 0 Å². The van der Waals surface area contributed by atoms with Crippen molar-refractivity contribution in [2.45, 2.75) is 77.7 Å². The van der Waals surface area contributed by atoms with Gasteiger partial charge in [0.15, 0.2) is 5.60 Å². The standard InChI is InChI=1S/C18H32O7.C5H8O3/c1-4-7-10-23-15(19)13-18(22,17(21)25-12-9-6-3)14-16(20)24-11-8-5-2;1-2-3-8-5(7)4-6/h22H,4-14H2,1-3H3;2,6H,1,3-4H2. The Morgan fingerprint density at radius 3 is 1.55 bits per heavy atom. The number of unbranched alkanes of at least 4 members (excludes halogenated alkanes) is 3. The number of ether oxygens (including phenoxy) is 4. The Morgan fingerprint density at radius 2 is 1.18 bits per heavy atom. The van der Waals surface area contributed by atoms with Crippen molar-refractivity contribution in [2.75, 3.05) is 33.0 Å². The molecular weight excluding hydrogens is 436 g/mol. The zero-order valence-corrected chi connectivity index (χ0v) is 20.1. The fraction of sp³-hybridized carbons (Fsp3) is 0.739. The van der Waals surface area contributed by atoms with Gasteiger partial charge >= 0.3 is 23.9 Å². The summed E-state index contributed by atoms with van der Waals surface area (Å²) in [5, 5.41) is 18.6. The lowest BCUT2D eigenvalue weighted by molar-refractivity contribution is -0.178. The summed E-state index contributed by atoms with van der Waals surface area (Å²) < 4.78 is 19.3. The number of hydrogen-bond acceptors (Lipinski definition) is 10. The first kappa shape index (κ1) is 32.7. The number of carbonyl (C=O) groups is 4. The van der Waals surface area contributed by atoms with Crippen molar-refractivity contribution >= 4 is 23.9 Å². The Bertz CT molecular complexity index is 550. The third-order valence-corrected chi connectivity index (χ3v) is 4.00. The molecule has 0 aliphatic rings. The fourth-order valence-electron chi connectivity index (χ4n) is 2.09. The van der Waals surface area contributed by atoms with Crippen LogP contribution in [0.1, 0.15) is 72.1 Å². The lowest BCUT2D eigenvalue weighted by Gasteiger charge is -2.24. The molecule has 10 heteroatoms. The minimum Gasteiger partial charge on any atom is -0.466 e. The van der Waals surface area contributed by atoms with E-state index >= 15 is 0 Å². The predicted molar refractivity (Wildman–Crippen MR) is 120 cm³/mol. The first-order valence-corrected chi connectivity index (χ1v) is 11.3. The van der Waals surface area contributed by atoms with Crippen LogP contribution < -0.4 is 0 Å². The molecule has 0 heterocycles. The van der Waals surface area contributed by atoms with Crippen molar-refractivity contribution in [2.24, 2.45) is 0 Å². The summed E-state index contributed by atoms with van der Waals surface area (Å²) in [5.41, 5.74) is -2.26. The van der Waals surface area contributed by atoms with Crippen molar-refractivity contribution in [3.63, 3.8) is 0 Å². The van der Waals surface area contributed by atoms with Crippen LogP contribution in [0.5, 0.6) is 0 Å². The third kappa shape index (κ3) is 18.8. The van der Waals surface area contributed by atoms with Crippen LogP contribution >= 0.6 is 0 Å². The SMILES string of the molecule is C=CCOC(=O)CO.CCCCOC(=O)CC(O)(CC(=O)OCCCC)C(=O)OCCCC. The minimum atomic E-state index is -2.26. The number of aliphatic hydroxyl groups excluding tert-OH is 1. The summed E-state index contributed by atoms with van der Waals surface area (Å²) in [6.07, 6.45) is 4.67. The van der Waals surface area contributed by atoms with Crippen LogP contribution in [0.2, 0.25) is 0 Å². The van der Waals surface area contributed by atoms with Crippen LogP contribution in [0.15, 0.2) is 12.7 Å². The molecule has 0 aliphatic heterocycles. The van der Waals surface area contributed by atoms with Crippen molar-refractivity contribution < 1.29 is 48.3 Å². The Balaban J connectivity index is 0. The van der Waals surface area contributed by atoms with E-state index in [1.165, 1.54) is 6.08 Å². The highest BCUT2D eigenvalue weighted by Gasteiger charge is 2.43. The number of carbonyl (C=O) groups excluding carboxylic acids is 4. The maximum absolute atomic E-state index is 12.2. The van der Waals surface area contributed by atoms with Crippen LogP contribution in [0, 0.1) is 0 Å². The van der Waals surface area contributed by atoms with E-state index in [0.29, 0.717) is 19.3 Å². The maximum atomic E-state index is 12.2. The monoisotopic (exact) mass is 476 g/mol. The van der Waals surface area contributed by atoms with Gasteiger partial charge in [-0.1, -0.05) is 52.7 Å². The Hall–Kier alpha value is -2.46. The molecule has 0 aromatic carbocycles. The molecule has 0 spiro atoms. The van der Waals surface area contributed by atoms with Crippen LogP contribution in [-0.4, -0.2) is 72.7 Å². The van der Waals surface area contributed by atoms with Crippen LogP contribution in [-0.2, 0) is 38.1 Å². The highest BCUT2D eigenvalue weighted by molar-refractivity contribution is 5.90. The van der Waals surface area contributed by atoms with E-state index in [2.05, 4.69) is 11.3 Å². The van der Waals surface area contributed by atoms with E-state index in [4.69, 9.17) is 19.3 Å². The molecule has 0 unspecified atom stereocenters. The minimum absolute atomic E-state index is 0.118. The number of aliphatic hydroxyl groups is 2. The summed E-state index contributed by atoms with van der Waals surface area (Å²) in [6, 6.07) is 0. The Labute approximate surface area is 196 Å². The van der Waals surface area contributed by atoms with E-state index in [0.717, 1.165) is 19.3 Å². The molecule has 0 radical (unpaired) electrons. The van der Waals surface area contributed by atoms with Gasteiger partial charge in [-0.25, -0.2) is 9.59 Å². The summed E-state index contributed by atoms with van der Waals surface area (Å²) in [6.45, 7) is 9.26. The highest BCUT2D eigenvalue weighted by atomic mass is 16.6. The molecule has 2 N–H and O–H groups in total. The van der Waals surface area contributed by atoms with Gasteiger partial charge in [0, 0.05) is 0 Å². The van der Waals surface area contributed by atoms with Crippen LogP contribution in [0.4, 0.5) is 0 Å². The molecule has 0 bridgehead atoms. The number of esters is 4. The average molecular weight is 477 g/mol. The van der Waals surface area contributed by atoms with Crippen molar-refractivity contribution in [1.82, 2.24) is 0 Å². The summed E-state index contributed by atoms with van der Waals surface area (Å²) in [5.74, 6) is -3.11. The van der Waals surface area contributed by atoms with Gasteiger partial charge in [-0.2, -0.15) is 0 Å². The first-order chi connectivity index (χ1) is 15.7. The molecular formula is C23H40O10. The lowest BCUT2D eigenvalue weighted by Crippen LogP contribution is -2.45.